The Kier molecular flexibility index (Phi) is 6.57. The molecule has 0 bridgehead atoms. The van der Waals surface area contributed by atoms with E-state index in [-0.39, 0.29) is 28.3 Å². The van der Waals surface area contributed by atoms with E-state index < -0.39 is 10.7 Å². The van der Waals surface area contributed by atoms with Gasteiger partial charge in [0.15, 0.2) is 11.5 Å². The summed E-state index contributed by atoms with van der Waals surface area (Å²) in [4.78, 5) is 23.8. The van der Waals surface area contributed by atoms with Gasteiger partial charge >= 0.3 is 0 Å². The fraction of sp³-hybridized carbons (Fsp3) is 0.238. The van der Waals surface area contributed by atoms with Gasteiger partial charge in [-0.3, -0.25) is 14.9 Å². The highest BCUT2D eigenvalue weighted by molar-refractivity contribution is 6.15. The molecular formula is C21H21N3O5. The van der Waals surface area contributed by atoms with Crippen molar-refractivity contribution in [1.82, 2.24) is 4.57 Å². The molecule has 0 saturated heterocycles. The van der Waals surface area contributed by atoms with Crippen molar-refractivity contribution in [3.8, 4) is 17.6 Å². The van der Waals surface area contributed by atoms with Gasteiger partial charge in [-0.1, -0.05) is 6.08 Å². The SMILES string of the molecule is C=CCn1c(C)cc(C(=O)/C(C#N)=C/c2cc(OC)c(OC)cc2[N+](=O)[O-])c1C. The van der Waals surface area contributed by atoms with Gasteiger partial charge in [0.1, 0.15) is 11.6 Å². The fourth-order valence-corrected chi connectivity index (χ4v) is 3.05. The van der Waals surface area contributed by atoms with Gasteiger partial charge in [0, 0.05) is 23.5 Å². The minimum atomic E-state index is -0.608. The Morgan fingerprint density at radius 1 is 1.28 bits per heavy atom. The molecule has 0 saturated carbocycles. The number of nitro groups is 1. The maximum Gasteiger partial charge on any atom is 0.280 e. The van der Waals surface area contributed by atoms with Gasteiger partial charge < -0.3 is 14.0 Å². The van der Waals surface area contributed by atoms with Gasteiger partial charge in [-0.05, 0) is 32.1 Å². The number of hydrogen-bond donors (Lipinski definition) is 0. The van der Waals surface area contributed by atoms with E-state index in [2.05, 4.69) is 6.58 Å². The van der Waals surface area contributed by atoms with Gasteiger partial charge in [0.25, 0.3) is 5.69 Å². The maximum atomic E-state index is 13.0. The molecule has 0 atom stereocenters. The Balaban J connectivity index is 2.62. The Morgan fingerprint density at radius 2 is 1.90 bits per heavy atom. The number of nitro benzene ring substituents is 1. The molecule has 0 N–H and O–H groups in total. The lowest BCUT2D eigenvalue weighted by molar-refractivity contribution is -0.385. The molecule has 1 aromatic heterocycles. The summed E-state index contributed by atoms with van der Waals surface area (Å²) in [6, 6.07) is 6.10. The van der Waals surface area contributed by atoms with Crippen molar-refractivity contribution in [3.05, 3.63) is 69.1 Å². The second-order valence-corrected chi connectivity index (χ2v) is 6.21. The molecule has 1 aromatic carbocycles. The third kappa shape index (κ3) is 4.19. The number of hydrogen-bond acceptors (Lipinski definition) is 6. The van der Waals surface area contributed by atoms with E-state index in [1.54, 1.807) is 19.1 Å². The molecule has 0 aliphatic carbocycles. The molecule has 0 radical (unpaired) electrons. The highest BCUT2D eigenvalue weighted by Gasteiger charge is 2.23. The van der Waals surface area contributed by atoms with Crippen LogP contribution in [0.5, 0.6) is 11.5 Å². The van der Waals surface area contributed by atoms with E-state index in [0.717, 1.165) is 5.69 Å². The average molecular weight is 395 g/mol. The molecule has 0 amide bonds. The Hall–Kier alpha value is -3.86. The summed E-state index contributed by atoms with van der Waals surface area (Å²) in [6.45, 7) is 7.85. The van der Waals surface area contributed by atoms with Crippen LogP contribution in [0.25, 0.3) is 6.08 Å². The topological polar surface area (TPSA) is 107 Å². The van der Waals surface area contributed by atoms with E-state index >= 15 is 0 Å². The first kappa shape index (κ1) is 21.4. The minimum absolute atomic E-state index is 0.0671. The number of benzene rings is 1. The van der Waals surface area contributed by atoms with Crippen molar-refractivity contribution in [2.45, 2.75) is 20.4 Å². The summed E-state index contributed by atoms with van der Waals surface area (Å²) in [5.74, 6) is -0.0904. The van der Waals surface area contributed by atoms with E-state index in [1.165, 1.54) is 32.4 Å². The van der Waals surface area contributed by atoms with Crippen LogP contribution in [0.15, 0.2) is 36.4 Å². The largest absolute Gasteiger partial charge is 0.493 e. The van der Waals surface area contributed by atoms with Crippen molar-refractivity contribution in [1.29, 1.82) is 5.26 Å². The van der Waals surface area contributed by atoms with Crippen molar-refractivity contribution in [2.75, 3.05) is 14.2 Å². The predicted molar refractivity (Wildman–Crippen MR) is 108 cm³/mol. The molecule has 8 heteroatoms. The number of aryl methyl sites for hydroxylation is 1. The lowest BCUT2D eigenvalue weighted by Crippen LogP contribution is -2.06. The smallest absolute Gasteiger partial charge is 0.280 e. The minimum Gasteiger partial charge on any atom is -0.493 e. The zero-order valence-electron chi connectivity index (χ0n) is 16.7. The van der Waals surface area contributed by atoms with Crippen molar-refractivity contribution >= 4 is 17.5 Å². The normalized spacial score (nSPS) is 10.9. The molecule has 0 fully saturated rings. The number of ketones is 1. The maximum absolute atomic E-state index is 13.0. The summed E-state index contributed by atoms with van der Waals surface area (Å²) in [6.07, 6.45) is 2.91. The second-order valence-electron chi connectivity index (χ2n) is 6.21. The summed E-state index contributed by atoms with van der Waals surface area (Å²) < 4.78 is 12.2. The first-order valence-corrected chi connectivity index (χ1v) is 8.63. The fourth-order valence-electron chi connectivity index (χ4n) is 3.05. The van der Waals surface area contributed by atoms with E-state index in [0.29, 0.717) is 17.8 Å². The number of nitrogens with zero attached hydrogens (tertiary/aromatic N) is 3. The van der Waals surface area contributed by atoms with Crippen LogP contribution < -0.4 is 9.47 Å². The van der Waals surface area contributed by atoms with Crippen LogP contribution in [0.4, 0.5) is 5.69 Å². The number of aromatic nitrogens is 1. The number of ether oxygens (including phenoxy) is 2. The highest BCUT2D eigenvalue weighted by Crippen LogP contribution is 2.35. The van der Waals surface area contributed by atoms with Crippen LogP contribution in [0, 0.1) is 35.3 Å². The van der Waals surface area contributed by atoms with Gasteiger partial charge in [0.2, 0.25) is 5.78 Å². The number of carbonyl (C=O) groups excluding carboxylic acids is 1. The molecule has 0 aliphatic heterocycles. The van der Waals surface area contributed by atoms with Crippen LogP contribution in [0.1, 0.15) is 27.3 Å². The van der Waals surface area contributed by atoms with Crippen LogP contribution in [0.3, 0.4) is 0 Å². The summed E-state index contributed by atoms with van der Waals surface area (Å²) in [5.41, 5.74) is 1.44. The third-order valence-corrected chi connectivity index (χ3v) is 4.52. The van der Waals surface area contributed by atoms with Crippen molar-refractivity contribution in [2.24, 2.45) is 0 Å². The summed E-state index contributed by atoms with van der Waals surface area (Å²) in [5, 5.41) is 21.0. The molecule has 150 valence electrons. The lowest BCUT2D eigenvalue weighted by Gasteiger charge is -2.09. The van der Waals surface area contributed by atoms with Crippen LogP contribution in [0.2, 0.25) is 0 Å². The highest BCUT2D eigenvalue weighted by atomic mass is 16.6. The number of allylic oxidation sites excluding steroid dienone is 2. The molecular weight excluding hydrogens is 374 g/mol. The molecule has 29 heavy (non-hydrogen) atoms. The first-order chi connectivity index (χ1) is 13.8. The Labute approximate surface area is 168 Å². The van der Waals surface area contributed by atoms with Crippen molar-refractivity contribution < 1.29 is 19.2 Å². The summed E-state index contributed by atoms with van der Waals surface area (Å²) in [7, 11) is 2.75. The monoisotopic (exact) mass is 395 g/mol. The number of rotatable bonds is 8. The first-order valence-electron chi connectivity index (χ1n) is 8.63. The zero-order chi connectivity index (χ0) is 21.7. The molecule has 1 heterocycles. The Bertz CT molecular complexity index is 1060. The molecule has 0 aliphatic rings. The van der Waals surface area contributed by atoms with Crippen LogP contribution in [-0.4, -0.2) is 29.5 Å². The number of carbonyl (C=O) groups is 1. The Morgan fingerprint density at radius 3 is 2.41 bits per heavy atom. The standard InChI is InChI=1S/C21H21N3O5/c1-6-7-23-13(2)8-17(14(23)3)21(25)16(12-22)9-15-10-19(28-4)20(29-5)11-18(15)24(26)27/h6,8-11H,1,7H2,2-5H3/b16-9+. The van der Waals surface area contributed by atoms with E-state index in [4.69, 9.17) is 9.47 Å². The quantitative estimate of drug-likeness (QED) is 0.167. The van der Waals surface area contributed by atoms with Crippen LogP contribution in [-0.2, 0) is 6.54 Å². The molecule has 2 aromatic rings. The molecule has 2 rings (SSSR count). The van der Waals surface area contributed by atoms with Gasteiger partial charge in [-0.25, -0.2) is 0 Å². The zero-order valence-corrected chi connectivity index (χ0v) is 16.7. The molecule has 0 spiro atoms. The molecule has 0 unspecified atom stereocenters. The van der Waals surface area contributed by atoms with Crippen molar-refractivity contribution in [3.63, 3.8) is 0 Å². The number of Topliss-reactive ketones (excluding diaryl/α,β-unsaturated/α-hetero) is 1. The predicted octanol–water partition coefficient (Wildman–Crippen LogP) is 4.01. The van der Waals surface area contributed by atoms with Gasteiger partial charge in [-0.2, -0.15) is 5.26 Å². The summed E-state index contributed by atoms with van der Waals surface area (Å²) >= 11 is 0. The van der Waals surface area contributed by atoms with E-state index in [9.17, 15) is 20.2 Å². The van der Waals surface area contributed by atoms with E-state index in [1.807, 2.05) is 17.6 Å². The van der Waals surface area contributed by atoms with Crippen LogP contribution >= 0.6 is 0 Å². The van der Waals surface area contributed by atoms with Gasteiger partial charge in [-0.15, -0.1) is 6.58 Å². The lowest BCUT2D eigenvalue weighted by atomic mass is 10.0. The number of nitriles is 1. The average Bonchev–Trinajstić information content (AvgIpc) is 2.99. The second kappa shape index (κ2) is 8.89. The third-order valence-electron chi connectivity index (χ3n) is 4.52. The molecule has 8 nitrogen and oxygen atoms in total. The van der Waals surface area contributed by atoms with Gasteiger partial charge in [0.05, 0.1) is 30.8 Å². The number of methoxy groups -OCH3 is 2.